The summed E-state index contributed by atoms with van der Waals surface area (Å²) < 4.78 is 1.97. The lowest BCUT2D eigenvalue weighted by molar-refractivity contribution is -0.117. The zero-order valence-corrected chi connectivity index (χ0v) is 17.8. The molecule has 1 atom stereocenters. The van der Waals surface area contributed by atoms with Crippen LogP contribution in [-0.4, -0.2) is 39.5 Å². The van der Waals surface area contributed by atoms with Crippen molar-refractivity contribution in [1.29, 1.82) is 0 Å². The Hall–Kier alpha value is -2.13. The summed E-state index contributed by atoms with van der Waals surface area (Å²) in [5.41, 5.74) is 1.44. The molecule has 2 aromatic rings. The second kappa shape index (κ2) is 9.38. The van der Waals surface area contributed by atoms with Crippen LogP contribution in [0.25, 0.3) is 10.7 Å². The highest BCUT2D eigenvalue weighted by Crippen LogP contribution is 2.38. The number of imide groups is 1. The second-order valence-electron chi connectivity index (χ2n) is 6.70. The van der Waals surface area contributed by atoms with Gasteiger partial charge in [0.15, 0.2) is 11.0 Å². The third kappa shape index (κ3) is 4.64. The average Bonchev–Trinajstić information content (AvgIpc) is 3.29. The fourth-order valence-corrected chi connectivity index (χ4v) is 5.23. The fourth-order valence-electron chi connectivity index (χ4n) is 3.28. The van der Waals surface area contributed by atoms with Gasteiger partial charge in [-0.25, -0.2) is 4.79 Å². The minimum Gasteiger partial charge on any atom is -0.341 e. The van der Waals surface area contributed by atoms with Crippen LogP contribution in [-0.2, 0) is 24.2 Å². The third-order valence-corrected chi connectivity index (χ3v) is 7.02. The first kappa shape index (κ1) is 20.6. The number of amides is 3. The molecular formula is C19H25N5O2S2. The number of carbonyl (C=O) groups is 2. The molecule has 2 N–H and O–H groups in total. The molecule has 0 bridgehead atoms. The number of thiophene rings is 1. The van der Waals surface area contributed by atoms with Crippen LogP contribution < -0.4 is 10.6 Å². The lowest BCUT2D eigenvalue weighted by atomic mass is 9.87. The highest BCUT2D eigenvalue weighted by atomic mass is 32.2. The van der Waals surface area contributed by atoms with E-state index >= 15 is 0 Å². The van der Waals surface area contributed by atoms with E-state index in [1.54, 1.807) is 17.4 Å². The summed E-state index contributed by atoms with van der Waals surface area (Å²) in [6.45, 7) is 6.64. The molecule has 0 saturated carbocycles. The molecular weight excluding hydrogens is 394 g/mol. The van der Waals surface area contributed by atoms with Gasteiger partial charge in [-0.05, 0) is 36.8 Å². The van der Waals surface area contributed by atoms with Gasteiger partial charge in [0.05, 0.1) is 10.6 Å². The van der Waals surface area contributed by atoms with E-state index in [0.717, 1.165) is 29.5 Å². The van der Waals surface area contributed by atoms with Gasteiger partial charge < -0.3 is 5.32 Å². The first-order valence-corrected chi connectivity index (χ1v) is 11.2. The van der Waals surface area contributed by atoms with Crippen molar-refractivity contribution in [3.8, 4) is 10.7 Å². The van der Waals surface area contributed by atoms with Crippen LogP contribution >= 0.6 is 23.1 Å². The molecule has 9 heteroatoms. The lowest BCUT2D eigenvalue weighted by Gasteiger charge is -2.19. The molecule has 3 amide bonds. The standard InChI is InChI=1S/C19H25N5O2S2/c1-4-8-24-17(15-10-13-9-12(5-2)6-7-14(13)28-15)22-23-19(24)27-11-16(25)21-18(26)20-3/h4,10,12H,1,5-9,11H2,2-3H3,(H2,20,21,25,26). The van der Waals surface area contributed by atoms with Gasteiger partial charge in [0.25, 0.3) is 0 Å². The number of hydrogen-bond donors (Lipinski definition) is 2. The number of fused-ring (bicyclic) bond motifs is 1. The van der Waals surface area contributed by atoms with Gasteiger partial charge >= 0.3 is 6.03 Å². The minimum absolute atomic E-state index is 0.0851. The first-order chi connectivity index (χ1) is 13.5. The van der Waals surface area contributed by atoms with E-state index in [-0.39, 0.29) is 11.7 Å². The van der Waals surface area contributed by atoms with E-state index in [9.17, 15) is 9.59 Å². The lowest BCUT2D eigenvalue weighted by Crippen LogP contribution is -2.38. The molecule has 0 aliphatic heterocycles. The predicted molar refractivity (Wildman–Crippen MR) is 113 cm³/mol. The number of allylic oxidation sites excluding steroid dienone is 1. The van der Waals surface area contributed by atoms with E-state index in [0.29, 0.717) is 11.7 Å². The topological polar surface area (TPSA) is 88.9 Å². The Morgan fingerprint density at radius 2 is 2.29 bits per heavy atom. The summed E-state index contributed by atoms with van der Waals surface area (Å²) in [7, 11) is 1.46. The molecule has 0 radical (unpaired) electrons. The van der Waals surface area contributed by atoms with Crippen LogP contribution in [0.1, 0.15) is 30.2 Å². The van der Waals surface area contributed by atoms with E-state index in [4.69, 9.17) is 0 Å². The number of nitrogens with zero attached hydrogens (tertiary/aromatic N) is 3. The molecule has 1 aliphatic carbocycles. The monoisotopic (exact) mass is 419 g/mol. The molecule has 28 heavy (non-hydrogen) atoms. The quantitative estimate of drug-likeness (QED) is 0.531. The van der Waals surface area contributed by atoms with E-state index < -0.39 is 6.03 Å². The SMILES string of the molecule is C=CCn1c(SCC(=O)NC(=O)NC)nnc1-c1cc2c(s1)CCC(CC)C2. The maximum atomic E-state index is 11.9. The highest BCUT2D eigenvalue weighted by Gasteiger charge is 2.23. The Balaban J connectivity index is 1.78. The van der Waals surface area contributed by atoms with Crippen molar-refractivity contribution in [3.05, 3.63) is 29.2 Å². The molecule has 3 rings (SSSR count). The molecule has 0 fully saturated rings. The largest absolute Gasteiger partial charge is 0.341 e. The maximum absolute atomic E-state index is 11.9. The number of thioether (sulfide) groups is 1. The van der Waals surface area contributed by atoms with Crippen molar-refractivity contribution in [1.82, 2.24) is 25.4 Å². The smallest absolute Gasteiger partial charge is 0.321 e. The van der Waals surface area contributed by atoms with Crippen molar-refractivity contribution in [3.63, 3.8) is 0 Å². The normalized spacial score (nSPS) is 15.7. The summed E-state index contributed by atoms with van der Waals surface area (Å²) in [6.07, 6.45) is 6.54. The number of nitrogens with one attached hydrogen (secondary N) is 2. The second-order valence-corrected chi connectivity index (χ2v) is 8.78. The molecule has 150 valence electrons. The van der Waals surface area contributed by atoms with Gasteiger partial charge in [0, 0.05) is 18.5 Å². The van der Waals surface area contributed by atoms with Crippen molar-refractivity contribution in [2.45, 2.75) is 44.3 Å². The highest BCUT2D eigenvalue weighted by molar-refractivity contribution is 7.99. The average molecular weight is 420 g/mol. The third-order valence-electron chi connectivity index (χ3n) is 4.82. The van der Waals surface area contributed by atoms with Crippen LogP contribution in [0.15, 0.2) is 23.9 Å². The molecule has 0 spiro atoms. The van der Waals surface area contributed by atoms with Crippen LogP contribution in [0.3, 0.4) is 0 Å². The summed E-state index contributed by atoms with van der Waals surface area (Å²) >= 11 is 3.05. The molecule has 0 aromatic carbocycles. The number of carbonyl (C=O) groups excluding carboxylic acids is 2. The number of urea groups is 1. The van der Waals surface area contributed by atoms with E-state index in [1.807, 2.05) is 4.57 Å². The van der Waals surface area contributed by atoms with Crippen LogP contribution in [0.4, 0.5) is 4.79 Å². The zero-order chi connectivity index (χ0) is 20.1. The van der Waals surface area contributed by atoms with Crippen molar-refractivity contribution in [2.24, 2.45) is 5.92 Å². The molecule has 7 nitrogen and oxygen atoms in total. The van der Waals surface area contributed by atoms with Gasteiger partial charge in [0.1, 0.15) is 0 Å². The maximum Gasteiger partial charge on any atom is 0.321 e. The Bertz CT molecular complexity index is 874. The molecule has 1 unspecified atom stereocenters. The van der Waals surface area contributed by atoms with Crippen LogP contribution in [0, 0.1) is 5.92 Å². The summed E-state index contributed by atoms with van der Waals surface area (Å²) in [5, 5.41) is 13.9. The van der Waals surface area contributed by atoms with E-state index in [1.165, 1.54) is 42.1 Å². The van der Waals surface area contributed by atoms with E-state index in [2.05, 4.69) is 40.4 Å². The Morgan fingerprint density at radius 3 is 3.00 bits per heavy atom. The number of aromatic nitrogens is 3. The summed E-state index contributed by atoms with van der Waals surface area (Å²) in [6, 6.07) is 1.73. The Kier molecular flexibility index (Phi) is 6.90. The first-order valence-electron chi connectivity index (χ1n) is 9.36. The molecule has 2 heterocycles. The van der Waals surface area contributed by atoms with Crippen molar-refractivity contribution >= 4 is 35.0 Å². The van der Waals surface area contributed by atoms with Gasteiger partial charge in [-0.3, -0.25) is 14.7 Å². The number of hydrogen-bond acceptors (Lipinski definition) is 6. The molecule has 0 saturated heterocycles. The summed E-state index contributed by atoms with van der Waals surface area (Å²) in [5.74, 6) is 1.28. The van der Waals surface area contributed by atoms with Crippen molar-refractivity contribution < 1.29 is 9.59 Å². The number of rotatable bonds is 7. The Labute approximate surface area is 173 Å². The predicted octanol–water partition coefficient (Wildman–Crippen LogP) is 3.26. The van der Waals surface area contributed by atoms with Gasteiger partial charge in [0.2, 0.25) is 5.91 Å². The van der Waals surface area contributed by atoms with Gasteiger partial charge in [-0.1, -0.05) is 31.2 Å². The summed E-state index contributed by atoms with van der Waals surface area (Å²) in [4.78, 5) is 25.7. The zero-order valence-electron chi connectivity index (χ0n) is 16.2. The number of aryl methyl sites for hydroxylation is 1. The van der Waals surface area contributed by atoms with Crippen LogP contribution in [0.5, 0.6) is 0 Å². The molecule has 2 aromatic heterocycles. The Morgan fingerprint density at radius 1 is 1.46 bits per heavy atom. The molecule has 1 aliphatic rings. The van der Waals surface area contributed by atoms with Crippen molar-refractivity contribution in [2.75, 3.05) is 12.8 Å². The van der Waals surface area contributed by atoms with Gasteiger partial charge in [-0.2, -0.15) is 0 Å². The van der Waals surface area contributed by atoms with Gasteiger partial charge in [-0.15, -0.1) is 28.1 Å². The minimum atomic E-state index is -0.520. The fraction of sp³-hybridized carbons (Fsp3) is 0.474. The van der Waals surface area contributed by atoms with Crippen LogP contribution in [0.2, 0.25) is 0 Å².